The molecule has 1 aromatic carbocycles. The Hall–Kier alpha value is -1.66. The first kappa shape index (κ1) is 17.4. The normalized spacial score (nSPS) is 18.0. The Morgan fingerprint density at radius 3 is 2.95 bits per heavy atom. The van der Waals surface area contributed by atoms with E-state index in [-0.39, 0.29) is 30.0 Å². The van der Waals surface area contributed by atoms with E-state index in [2.05, 4.69) is 5.32 Å². The van der Waals surface area contributed by atoms with Crippen molar-refractivity contribution in [3.8, 4) is 0 Å². The van der Waals surface area contributed by atoms with Crippen molar-refractivity contribution in [1.29, 1.82) is 0 Å². The van der Waals surface area contributed by atoms with Crippen LogP contribution in [0.15, 0.2) is 24.3 Å². The molecule has 0 bridgehead atoms. The van der Waals surface area contributed by atoms with Crippen LogP contribution in [0.2, 0.25) is 0 Å². The molecule has 1 aliphatic heterocycles. The molecule has 1 saturated heterocycles. The number of hydrogen-bond acceptors (Lipinski definition) is 4. The van der Waals surface area contributed by atoms with Gasteiger partial charge in [0.1, 0.15) is 0 Å². The second-order valence-electron chi connectivity index (χ2n) is 5.07. The third kappa shape index (κ3) is 4.68. The standard InChI is InChI=1S/C14H19N3O3.ClH/c1-11-10-15-7-8-16(11)14(18)6-5-12-3-2-4-13(9-12)17(19)20;/h2-4,9,11,15H,5-8,10H2,1H3;1H/t11-;/m0./s1. The zero-order valence-corrected chi connectivity index (χ0v) is 12.8. The van der Waals surface area contributed by atoms with Gasteiger partial charge in [-0.15, -0.1) is 12.4 Å². The van der Waals surface area contributed by atoms with Gasteiger partial charge in [-0.1, -0.05) is 12.1 Å². The summed E-state index contributed by atoms with van der Waals surface area (Å²) < 4.78 is 0. The predicted octanol–water partition coefficient (Wildman–Crippen LogP) is 1.77. The summed E-state index contributed by atoms with van der Waals surface area (Å²) in [6.45, 7) is 4.40. The summed E-state index contributed by atoms with van der Waals surface area (Å²) >= 11 is 0. The smallest absolute Gasteiger partial charge is 0.269 e. The lowest BCUT2D eigenvalue weighted by Crippen LogP contribution is -2.52. The van der Waals surface area contributed by atoms with Crippen molar-refractivity contribution >= 4 is 24.0 Å². The van der Waals surface area contributed by atoms with Crippen LogP contribution in [0.4, 0.5) is 5.69 Å². The Balaban J connectivity index is 0.00000220. The van der Waals surface area contributed by atoms with Gasteiger partial charge >= 0.3 is 0 Å². The molecular weight excluding hydrogens is 294 g/mol. The Labute approximate surface area is 130 Å². The molecule has 6 nitrogen and oxygen atoms in total. The highest BCUT2D eigenvalue weighted by Gasteiger charge is 2.22. The van der Waals surface area contributed by atoms with Crippen LogP contribution >= 0.6 is 12.4 Å². The van der Waals surface area contributed by atoms with E-state index in [1.54, 1.807) is 6.07 Å². The molecule has 0 radical (unpaired) electrons. The van der Waals surface area contributed by atoms with Gasteiger partial charge in [-0.25, -0.2) is 0 Å². The summed E-state index contributed by atoms with van der Waals surface area (Å²) in [6, 6.07) is 6.69. The molecule has 0 aliphatic carbocycles. The first-order chi connectivity index (χ1) is 9.58. The first-order valence-electron chi connectivity index (χ1n) is 6.81. The highest BCUT2D eigenvalue weighted by atomic mass is 35.5. The second-order valence-corrected chi connectivity index (χ2v) is 5.07. The number of nitro benzene ring substituents is 1. The Morgan fingerprint density at radius 1 is 1.52 bits per heavy atom. The molecule has 1 N–H and O–H groups in total. The molecule has 21 heavy (non-hydrogen) atoms. The molecule has 0 unspecified atom stereocenters. The number of rotatable bonds is 4. The van der Waals surface area contributed by atoms with Crippen LogP contribution in [0, 0.1) is 10.1 Å². The number of piperazine rings is 1. The maximum Gasteiger partial charge on any atom is 0.269 e. The highest BCUT2D eigenvalue weighted by Crippen LogP contribution is 2.15. The summed E-state index contributed by atoms with van der Waals surface area (Å²) in [7, 11) is 0. The number of aryl methyl sites for hydroxylation is 1. The largest absolute Gasteiger partial charge is 0.337 e. The van der Waals surface area contributed by atoms with E-state index in [1.165, 1.54) is 12.1 Å². The lowest BCUT2D eigenvalue weighted by atomic mass is 10.1. The number of halogens is 1. The van der Waals surface area contributed by atoms with Gasteiger partial charge in [-0.2, -0.15) is 0 Å². The zero-order valence-electron chi connectivity index (χ0n) is 11.9. The van der Waals surface area contributed by atoms with Crippen molar-refractivity contribution in [1.82, 2.24) is 10.2 Å². The van der Waals surface area contributed by atoms with Crippen LogP contribution in [0.25, 0.3) is 0 Å². The number of nitrogens with one attached hydrogen (secondary N) is 1. The predicted molar refractivity (Wildman–Crippen MR) is 82.7 cm³/mol. The molecule has 116 valence electrons. The van der Waals surface area contributed by atoms with E-state index < -0.39 is 4.92 Å². The molecule has 0 saturated carbocycles. The van der Waals surface area contributed by atoms with Crippen molar-refractivity contribution in [3.05, 3.63) is 39.9 Å². The Kier molecular flexibility index (Phi) is 6.58. The summed E-state index contributed by atoms with van der Waals surface area (Å²) in [6.07, 6.45) is 0.933. The lowest BCUT2D eigenvalue weighted by molar-refractivity contribution is -0.384. The fraction of sp³-hybridized carbons (Fsp3) is 0.500. The Bertz CT molecular complexity index is 510. The molecule has 0 aromatic heterocycles. The summed E-state index contributed by atoms with van der Waals surface area (Å²) in [5, 5.41) is 13.9. The van der Waals surface area contributed by atoms with Gasteiger partial charge in [0.25, 0.3) is 5.69 Å². The number of nitro groups is 1. The summed E-state index contributed by atoms with van der Waals surface area (Å²) in [5.41, 5.74) is 0.904. The van der Waals surface area contributed by atoms with Crippen molar-refractivity contribution in [2.45, 2.75) is 25.8 Å². The number of carbonyl (C=O) groups is 1. The molecule has 1 aliphatic rings. The lowest BCUT2D eigenvalue weighted by Gasteiger charge is -2.34. The van der Waals surface area contributed by atoms with Crippen molar-refractivity contribution in [2.75, 3.05) is 19.6 Å². The minimum atomic E-state index is -0.413. The van der Waals surface area contributed by atoms with Gasteiger partial charge in [-0.05, 0) is 18.9 Å². The maximum atomic E-state index is 12.2. The Morgan fingerprint density at radius 2 is 2.29 bits per heavy atom. The monoisotopic (exact) mass is 313 g/mol. The molecule has 1 heterocycles. The number of amides is 1. The van der Waals surface area contributed by atoms with Gasteiger partial charge in [0.2, 0.25) is 5.91 Å². The van der Waals surface area contributed by atoms with Crippen molar-refractivity contribution in [2.24, 2.45) is 0 Å². The number of hydrogen-bond donors (Lipinski definition) is 1. The summed E-state index contributed by atoms with van der Waals surface area (Å²) in [4.78, 5) is 24.3. The van der Waals surface area contributed by atoms with Gasteiger partial charge in [0.15, 0.2) is 0 Å². The van der Waals surface area contributed by atoms with Crippen LogP contribution in [-0.4, -0.2) is 41.4 Å². The SMILES string of the molecule is C[C@H]1CNCCN1C(=O)CCc1cccc([N+](=O)[O-])c1.Cl. The van der Waals surface area contributed by atoms with Gasteiger partial charge < -0.3 is 10.2 Å². The van der Waals surface area contributed by atoms with E-state index in [4.69, 9.17) is 0 Å². The van der Waals surface area contributed by atoms with Gasteiger partial charge in [0, 0.05) is 44.2 Å². The zero-order chi connectivity index (χ0) is 14.5. The molecule has 2 rings (SSSR count). The van der Waals surface area contributed by atoms with E-state index in [0.717, 1.165) is 25.2 Å². The third-order valence-electron chi connectivity index (χ3n) is 3.57. The molecule has 0 spiro atoms. The molecule has 7 heteroatoms. The molecule has 1 amide bonds. The number of non-ortho nitro benzene ring substituents is 1. The minimum absolute atomic E-state index is 0. The fourth-order valence-electron chi connectivity index (χ4n) is 2.43. The van der Waals surface area contributed by atoms with E-state index >= 15 is 0 Å². The highest BCUT2D eigenvalue weighted by molar-refractivity contribution is 5.85. The van der Waals surface area contributed by atoms with Crippen LogP contribution in [-0.2, 0) is 11.2 Å². The average Bonchev–Trinajstić information content (AvgIpc) is 2.45. The topological polar surface area (TPSA) is 75.5 Å². The van der Waals surface area contributed by atoms with Gasteiger partial charge in [0.05, 0.1) is 4.92 Å². The molecule has 1 atom stereocenters. The first-order valence-corrected chi connectivity index (χ1v) is 6.81. The number of benzene rings is 1. The third-order valence-corrected chi connectivity index (χ3v) is 3.57. The van der Waals surface area contributed by atoms with Crippen molar-refractivity contribution in [3.63, 3.8) is 0 Å². The van der Waals surface area contributed by atoms with E-state index in [0.29, 0.717) is 12.8 Å². The fourth-order valence-corrected chi connectivity index (χ4v) is 2.43. The van der Waals surface area contributed by atoms with E-state index in [9.17, 15) is 14.9 Å². The van der Waals surface area contributed by atoms with E-state index in [1.807, 2.05) is 17.9 Å². The molecule has 1 fully saturated rings. The number of carbonyl (C=O) groups excluding carboxylic acids is 1. The van der Waals surface area contributed by atoms with Gasteiger partial charge in [-0.3, -0.25) is 14.9 Å². The van der Waals surface area contributed by atoms with Crippen LogP contribution in [0.5, 0.6) is 0 Å². The van der Waals surface area contributed by atoms with Crippen molar-refractivity contribution < 1.29 is 9.72 Å². The van der Waals surface area contributed by atoms with Crippen LogP contribution < -0.4 is 5.32 Å². The minimum Gasteiger partial charge on any atom is -0.337 e. The summed E-state index contributed by atoms with van der Waals surface area (Å²) in [5.74, 6) is 0.116. The second kappa shape index (κ2) is 7.95. The molecule has 1 aromatic rings. The van der Waals surface area contributed by atoms with Crippen LogP contribution in [0.3, 0.4) is 0 Å². The maximum absolute atomic E-state index is 12.2. The quantitative estimate of drug-likeness (QED) is 0.679. The average molecular weight is 314 g/mol. The number of nitrogens with zero attached hydrogens (tertiary/aromatic N) is 2. The van der Waals surface area contributed by atoms with Crippen LogP contribution in [0.1, 0.15) is 18.9 Å². The molecular formula is C14H20ClN3O3.